The van der Waals surface area contributed by atoms with Gasteiger partial charge in [0, 0.05) is 21.4 Å². The maximum atomic E-state index is 10.9. The van der Waals surface area contributed by atoms with Crippen molar-refractivity contribution in [2.45, 2.75) is 19.9 Å². The maximum Gasteiger partial charge on any atom is 0.293 e. The molecule has 1 atom stereocenters. The Bertz CT molecular complexity index is 401. The fourth-order valence-corrected chi connectivity index (χ4v) is 2.53. The lowest BCUT2D eigenvalue weighted by Crippen LogP contribution is -2.18. The molecule has 0 amide bonds. The first-order valence-electron chi connectivity index (χ1n) is 5.32. The Hall–Kier alpha value is -0.500. The van der Waals surface area contributed by atoms with Crippen molar-refractivity contribution >= 4 is 45.7 Å². The summed E-state index contributed by atoms with van der Waals surface area (Å²) in [6, 6.07) is 5.45. The van der Waals surface area contributed by atoms with Gasteiger partial charge in [0.2, 0.25) is 0 Å². The number of hydrogen-bond donors (Lipinski definition) is 1. The van der Waals surface area contributed by atoms with E-state index in [1.165, 1.54) is 0 Å². The third-order valence-electron chi connectivity index (χ3n) is 2.13. The minimum absolute atomic E-state index is 0.144. The smallest absolute Gasteiger partial charge is 0.293 e. The van der Waals surface area contributed by atoms with Gasteiger partial charge in [-0.3, -0.25) is 10.1 Å². The Morgan fingerprint density at radius 1 is 1.59 bits per heavy atom. The first kappa shape index (κ1) is 14.6. The summed E-state index contributed by atoms with van der Waals surface area (Å²) in [7, 11) is 0. The van der Waals surface area contributed by atoms with Crippen molar-refractivity contribution < 1.29 is 4.92 Å². The van der Waals surface area contributed by atoms with E-state index in [1.807, 2.05) is 24.8 Å². The fraction of sp³-hybridized carbons (Fsp3) is 0.455. The number of thioether (sulfide) groups is 1. The van der Waals surface area contributed by atoms with Crippen LogP contribution in [0.2, 0.25) is 0 Å². The van der Waals surface area contributed by atoms with Crippen LogP contribution in [0.15, 0.2) is 18.2 Å². The third kappa shape index (κ3) is 4.71. The van der Waals surface area contributed by atoms with Crippen LogP contribution in [0.25, 0.3) is 0 Å². The van der Waals surface area contributed by atoms with Gasteiger partial charge in [-0.15, -0.1) is 0 Å². The van der Waals surface area contributed by atoms with E-state index in [1.54, 1.807) is 12.1 Å². The van der Waals surface area contributed by atoms with Gasteiger partial charge in [-0.1, -0.05) is 6.92 Å². The summed E-state index contributed by atoms with van der Waals surface area (Å²) in [6.45, 7) is 4.13. The molecule has 0 saturated heterocycles. The van der Waals surface area contributed by atoms with Crippen LogP contribution in [-0.4, -0.2) is 22.5 Å². The van der Waals surface area contributed by atoms with Crippen LogP contribution >= 0.6 is 34.4 Å². The average Bonchev–Trinajstić information content (AvgIpc) is 2.28. The van der Waals surface area contributed by atoms with E-state index in [0.29, 0.717) is 5.69 Å². The summed E-state index contributed by atoms with van der Waals surface area (Å²) in [6.07, 6.45) is 0. The monoisotopic (exact) mass is 366 g/mol. The molecule has 0 heterocycles. The zero-order valence-electron chi connectivity index (χ0n) is 9.77. The third-order valence-corrected chi connectivity index (χ3v) is 3.95. The molecular weight excluding hydrogens is 351 g/mol. The normalized spacial score (nSPS) is 12.2. The second kappa shape index (κ2) is 7.05. The van der Waals surface area contributed by atoms with E-state index in [0.717, 1.165) is 15.1 Å². The first-order valence-corrected chi connectivity index (χ1v) is 7.56. The highest BCUT2D eigenvalue weighted by atomic mass is 127. The lowest BCUT2D eigenvalue weighted by molar-refractivity contribution is -0.384. The van der Waals surface area contributed by atoms with E-state index in [2.05, 4.69) is 34.8 Å². The van der Waals surface area contributed by atoms with Crippen molar-refractivity contribution in [3.05, 3.63) is 31.9 Å². The highest BCUT2D eigenvalue weighted by Crippen LogP contribution is 2.27. The van der Waals surface area contributed by atoms with E-state index in [4.69, 9.17) is 0 Å². The molecule has 0 aliphatic heterocycles. The summed E-state index contributed by atoms with van der Waals surface area (Å²) in [4.78, 5) is 10.6. The second-order valence-electron chi connectivity index (χ2n) is 3.62. The summed E-state index contributed by atoms with van der Waals surface area (Å²) in [5.74, 6) is 2.00. The average molecular weight is 366 g/mol. The van der Waals surface area contributed by atoms with Crippen LogP contribution in [0.3, 0.4) is 0 Å². The predicted octanol–water partition coefficient (Wildman–Crippen LogP) is 3.75. The SMILES string of the molecule is CCSCC(C)Nc1ccc(I)cc1[N+](=O)[O-]. The molecule has 4 nitrogen and oxygen atoms in total. The number of nitrogens with one attached hydrogen (secondary N) is 1. The predicted molar refractivity (Wildman–Crippen MR) is 81.9 cm³/mol. The molecule has 0 fully saturated rings. The highest BCUT2D eigenvalue weighted by molar-refractivity contribution is 14.1. The van der Waals surface area contributed by atoms with Gasteiger partial charge in [-0.25, -0.2) is 0 Å². The van der Waals surface area contributed by atoms with Gasteiger partial charge >= 0.3 is 0 Å². The maximum absolute atomic E-state index is 10.9. The molecule has 94 valence electrons. The van der Waals surface area contributed by atoms with E-state index in [-0.39, 0.29) is 16.7 Å². The molecule has 1 rings (SSSR count). The summed E-state index contributed by atoms with van der Waals surface area (Å²) in [5, 5.41) is 14.1. The van der Waals surface area contributed by atoms with Gasteiger partial charge in [-0.2, -0.15) is 11.8 Å². The molecule has 0 bridgehead atoms. The molecule has 0 aromatic heterocycles. The highest BCUT2D eigenvalue weighted by Gasteiger charge is 2.15. The summed E-state index contributed by atoms with van der Waals surface area (Å²) < 4.78 is 0.871. The topological polar surface area (TPSA) is 55.2 Å². The molecule has 0 spiro atoms. The molecule has 0 aliphatic rings. The summed E-state index contributed by atoms with van der Waals surface area (Å²) in [5.41, 5.74) is 0.741. The Morgan fingerprint density at radius 2 is 2.29 bits per heavy atom. The molecule has 6 heteroatoms. The van der Waals surface area contributed by atoms with E-state index >= 15 is 0 Å². The van der Waals surface area contributed by atoms with E-state index < -0.39 is 0 Å². The minimum Gasteiger partial charge on any atom is -0.376 e. The van der Waals surface area contributed by atoms with Gasteiger partial charge in [0.1, 0.15) is 5.69 Å². The number of benzene rings is 1. The number of nitro groups is 1. The zero-order chi connectivity index (χ0) is 12.8. The molecular formula is C11H15IN2O2S. The van der Waals surface area contributed by atoms with Crippen molar-refractivity contribution in [2.24, 2.45) is 0 Å². The van der Waals surface area contributed by atoms with Gasteiger partial charge in [0.05, 0.1) is 4.92 Å². The second-order valence-corrected chi connectivity index (χ2v) is 6.19. The molecule has 0 radical (unpaired) electrons. The van der Waals surface area contributed by atoms with Crippen LogP contribution in [0.4, 0.5) is 11.4 Å². The number of nitrogens with zero attached hydrogens (tertiary/aromatic N) is 1. The molecule has 1 unspecified atom stereocenters. The lowest BCUT2D eigenvalue weighted by atomic mass is 10.2. The van der Waals surface area contributed by atoms with Crippen molar-refractivity contribution in [2.75, 3.05) is 16.8 Å². The Balaban J connectivity index is 2.79. The quantitative estimate of drug-likeness (QED) is 0.473. The number of halogens is 1. The van der Waals surface area contributed by atoms with Gasteiger partial charge in [0.25, 0.3) is 5.69 Å². The Kier molecular flexibility index (Phi) is 6.04. The van der Waals surface area contributed by atoms with E-state index in [9.17, 15) is 10.1 Å². The van der Waals surface area contributed by atoms with Crippen molar-refractivity contribution in [3.8, 4) is 0 Å². The lowest BCUT2D eigenvalue weighted by Gasteiger charge is -2.14. The van der Waals surface area contributed by atoms with Crippen LogP contribution in [0.5, 0.6) is 0 Å². The van der Waals surface area contributed by atoms with Gasteiger partial charge < -0.3 is 5.32 Å². The van der Waals surface area contributed by atoms with Crippen LogP contribution in [0.1, 0.15) is 13.8 Å². The Labute approximate surface area is 119 Å². The zero-order valence-corrected chi connectivity index (χ0v) is 12.7. The van der Waals surface area contributed by atoms with Crippen molar-refractivity contribution in [3.63, 3.8) is 0 Å². The largest absolute Gasteiger partial charge is 0.376 e. The minimum atomic E-state index is -0.343. The fourth-order valence-electron chi connectivity index (χ4n) is 1.38. The molecule has 17 heavy (non-hydrogen) atoms. The number of hydrogen-bond acceptors (Lipinski definition) is 4. The molecule has 1 aromatic rings. The molecule has 1 aromatic carbocycles. The Morgan fingerprint density at radius 3 is 2.88 bits per heavy atom. The van der Waals surface area contributed by atoms with Gasteiger partial charge in [-0.05, 0) is 47.4 Å². The molecule has 1 N–H and O–H groups in total. The van der Waals surface area contributed by atoms with Crippen LogP contribution < -0.4 is 5.32 Å². The number of nitro benzene ring substituents is 1. The molecule has 0 saturated carbocycles. The molecule has 0 aliphatic carbocycles. The first-order chi connectivity index (χ1) is 8.04. The summed E-state index contributed by atoms with van der Waals surface area (Å²) >= 11 is 3.89. The van der Waals surface area contributed by atoms with Crippen LogP contribution in [0, 0.1) is 13.7 Å². The van der Waals surface area contributed by atoms with Crippen LogP contribution in [-0.2, 0) is 0 Å². The van der Waals surface area contributed by atoms with Crippen molar-refractivity contribution in [1.29, 1.82) is 0 Å². The standard InChI is InChI=1S/C11H15IN2O2S/c1-3-17-7-8(2)13-10-5-4-9(12)6-11(10)14(15)16/h4-6,8,13H,3,7H2,1-2H3. The van der Waals surface area contributed by atoms with Crippen molar-refractivity contribution in [1.82, 2.24) is 0 Å². The van der Waals surface area contributed by atoms with Gasteiger partial charge in [0.15, 0.2) is 0 Å². The number of rotatable bonds is 6. The number of anilines is 1.